The first-order valence-corrected chi connectivity index (χ1v) is 3.86. The fourth-order valence-corrected chi connectivity index (χ4v) is 0.796. The van der Waals surface area contributed by atoms with Gasteiger partial charge in [0.05, 0.1) is 5.55 Å². The third kappa shape index (κ3) is 4.34. The van der Waals surface area contributed by atoms with Crippen LogP contribution in [0.2, 0.25) is 0 Å². The number of hydrogen-bond acceptors (Lipinski definition) is 2. The van der Waals surface area contributed by atoms with Gasteiger partial charge >= 0.3 is 0 Å². The third-order valence-corrected chi connectivity index (χ3v) is 2.36. The Morgan fingerprint density at radius 1 is 1.86 bits per heavy atom. The van der Waals surface area contributed by atoms with Gasteiger partial charge in [-0.1, -0.05) is 34.4 Å². The molecule has 1 N–H and O–H groups in total. The zero-order chi connectivity index (χ0) is 5.70. The summed E-state index contributed by atoms with van der Waals surface area (Å²) in [4.78, 5) is 1.16. The van der Waals surface area contributed by atoms with Crippen LogP contribution in [0.4, 0.5) is 0 Å². The highest BCUT2D eigenvalue weighted by molar-refractivity contribution is 14.1. The van der Waals surface area contributed by atoms with E-state index in [-0.39, 0.29) is 0 Å². The Labute approximate surface area is 61.2 Å². The van der Waals surface area contributed by atoms with Gasteiger partial charge in [-0.3, -0.25) is 0 Å². The fraction of sp³-hybridized carbons (Fsp3) is 0.250. The molecule has 0 spiro atoms. The monoisotopic (exact) mass is 227 g/mol. The highest BCUT2D eigenvalue weighted by atomic mass is 127. The van der Waals surface area contributed by atoms with Gasteiger partial charge in [0.15, 0.2) is 0 Å². The van der Waals surface area contributed by atoms with Crippen molar-refractivity contribution in [2.45, 2.75) is 6.92 Å². The lowest BCUT2D eigenvalue weighted by Gasteiger charge is -1.84. The van der Waals surface area contributed by atoms with Gasteiger partial charge in [0.1, 0.15) is 0 Å². The molecule has 0 aliphatic rings. The molecule has 0 aromatic rings. The highest BCUT2D eigenvalue weighted by Crippen LogP contribution is 2.11. The lowest BCUT2D eigenvalue weighted by molar-refractivity contribution is 1.60. The fourth-order valence-electron chi connectivity index (χ4n) is 0.119. The predicted molar refractivity (Wildman–Crippen MR) is 44.2 cm³/mol. The number of halogens is 1. The standard InChI is InChI=1S/C4H6INS/c1-4(2-5)7-3-6/h2-3,6H,1H3. The minimum absolute atomic E-state index is 1.16. The van der Waals surface area contributed by atoms with Gasteiger partial charge in [0, 0.05) is 0 Å². The van der Waals surface area contributed by atoms with Crippen LogP contribution in [-0.4, -0.2) is 5.55 Å². The maximum absolute atomic E-state index is 6.63. The molecule has 3 heteroatoms. The number of hydrogen-bond donors (Lipinski definition) is 1. The molecule has 0 fully saturated rings. The minimum atomic E-state index is 1.16. The average Bonchev–Trinajstić information content (AvgIpc) is 1.68. The van der Waals surface area contributed by atoms with E-state index >= 15 is 0 Å². The van der Waals surface area contributed by atoms with E-state index in [1.165, 1.54) is 17.3 Å². The highest BCUT2D eigenvalue weighted by Gasteiger charge is 1.79. The van der Waals surface area contributed by atoms with Gasteiger partial charge in [-0.15, -0.1) is 0 Å². The topological polar surface area (TPSA) is 23.9 Å². The Morgan fingerprint density at radius 2 is 2.43 bits per heavy atom. The van der Waals surface area contributed by atoms with E-state index in [4.69, 9.17) is 5.41 Å². The van der Waals surface area contributed by atoms with E-state index in [1.54, 1.807) is 0 Å². The zero-order valence-corrected chi connectivity index (χ0v) is 6.91. The van der Waals surface area contributed by atoms with Crippen LogP contribution in [-0.2, 0) is 0 Å². The summed E-state index contributed by atoms with van der Waals surface area (Å²) >= 11 is 3.58. The van der Waals surface area contributed by atoms with Crippen molar-refractivity contribution in [3.05, 3.63) is 8.99 Å². The predicted octanol–water partition coefficient (Wildman–Crippen LogP) is 2.62. The van der Waals surface area contributed by atoms with Crippen LogP contribution in [0.15, 0.2) is 8.99 Å². The van der Waals surface area contributed by atoms with Crippen LogP contribution in [0.25, 0.3) is 0 Å². The van der Waals surface area contributed by atoms with Crippen molar-refractivity contribution in [1.29, 1.82) is 5.41 Å². The quantitative estimate of drug-likeness (QED) is 0.437. The lowest BCUT2D eigenvalue weighted by Crippen LogP contribution is -1.59. The second-order valence-electron chi connectivity index (χ2n) is 0.955. The summed E-state index contributed by atoms with van der Waals surface area (Å²) in [5, 5.41) is 6.63. The van der Waals surface area contributed by atoms with E-state index in [1.807, 2.05) is 11.0 Å². The smallest absolute Gasteiger partial charge is 0.0551 e. The average molecular weight is 227 g/mol. The molecule has 1 nitrogen and oxygen atoms in total. The van der Waals surface area contributed by atoms with E-state index in [0.717, 1.165) is 4.91 Å². The molecule has 0 aromatic heterocycles. The lowest BCUT2D eigenvalue weighted by atomic mass is 10.8. The van der Waals surface area contributed by atoms with E-state index in [0.29, 0.717) is 0 Å². The van der Waals surface area contributed by atoms with Crippen LogP contribution >= 0.6 is 34.4 Å². The van der Waals surface area contributed by atoms with Crippen LogP contribution in [0, 0.1) is 5.41 Å². The van der Waals surface area contributed by atoms with Crippen molar-refractivity contribution >= 4 is 39.9 Å². The number of allylic oxidation sites excluding steroid dienone is 1. The van der Waals surface area contributed by atoms with Crippen molar-refractivity contribution in [2.75, 3.05) is 0 Å². The Morgan fingerprint density at radius 3 is 2.57 bits per heavy atom. The molecule has 0 amide bonds. The van der Waals surface area contributed by atoms with Gasteiger partial charge in [-0.2, -0.15) is 0 Å². The molecule has 40 valence electrons. The van der Waals surface area contributed by atoms with Crippen molar-refractivity contribution < 1.29 is 0 Å². The van der Waals surface area contributed by atoms with Crippen LogP contribution in [0.5, 0.6) is 0 Å². The van der Waals surface area contributed by atoms with Crippen molar-refractivity contribution in [3.8, 4) is 0 Å². The van der Waals surface area contributed by atoms with Crippen molar-refractivity contribution in [3.63, 3.8) is 0 Å². The zero-order valence-electron chi connectivity index (χ0n) is 3.94. The second-order valence-corrected chi connectivity index (χ2v) is 2.69. The van der Waals surface area contributed by atoms with Gasteiger partial charge in [0.25, 0.3) is 0 Å². The maximum atomic E-state index is 6.63. The van der Waals surface area contributed by atoms with Crippen molar-refractivity contribution in [1.82, 2.24) is 0 Å². The molecule has 0 saturated heterocycles. The molecule has 0 rings (SSSR count). The summed E-state index contributed by atoms with van der Waals surface area (Å²) in [6.07, 6.45) is 0. The first kappa shape index (κ1) is 7.49. The Balaban J connectivity index is 3.36. The molecule has 0 aliphatic heterocycles. The normalized spacial score (nSPS) is 11.4. The van der Waals surface area contributed by atoms with Gasteiger partial charge in [-0.25, -0.2) is 0 Å². The Hall–Kier alpha value is 0.490. The molecular weight excluding hydrogens is 221 g/mol. The molecular formula is C4H6INS. The van der Waals surface area contributed by atoms with Gasteiger partial charge in [-0.05, 0) is 15.9 Å². The van der Waals surface area contributed by atoms with Crippen LogP contribution < -0.4 is 0 Å². The minimum Gasteiger partial charge on any atom is -0.302 e. The third-order valence-electron chi connectivity index (χ3n) is 0.398. The van der Waals surface area contributed by atoms with Gasteiger partial charge in [0.2, 0.25) is 0 Å². The molecule has 0 heterocycles. The van der Waals surface area contributed by atoms with Gasteiger partial charge < -0.3 is 5.41 Å². The van der Waals surface area contributed by atoms with Crippen LogP contribution in [0.1, 0.15) is 6.92 Å². The molecule has 0 aromatic carbocycles. The molecule has 0 aliphatic carbocycles. The van der Waals surface area contributed by atoms with E-state index in [9.17, 15) is 0 Å². The summed E-state index contributed by atoms with van der Waals surface area (Å²) in [5.74, 6) is 0. The molecule has 0 saturated carbocycles. The molecule has 7 heavy (non-hydrogen) atoms. The second kappa shape index (κ2) is 4.64. The number of rotatable bonds is 2. The molecule has 0 bridgehead atoms. The summed E-state index contributed by atoms with van der Waals surface area (Å²) in [6, 6.07) is 0. The van der Waals surface area contributed by atoms with Crippen LogP contribution in [0.3, 0.4) is 0 Å². The molecule has 0 atom stereocenters. The summed E-state index contributed by atoms with van der Waals surface area (Å²) < 4.78 is 1.95. The molecule has 0 radical (unpaired) electrons. The number of thioether (sulfide) groups is 1. The Bertz CT molecular complexity index is 89.7. The largest absolute Gasteiger partial charge is 0.302 e. The number of nitrogens with one attached hydrogen (secondary N) is 1. The summed E-state index contributed by atoms with van der Waals surface area (Å²) in [5.41, 5.74) is 1.32. The summed E-state index contributed by atoms with van der Waals surface area (Å²) in [6.45, 7) is 1.97. The van der Waals surface area contributed by atoms with Crippen molar-refractivity contribution in [2.24, 2.45) is 0 Å². The Kier molecular flexibility index (Phi) is 4.97. The molecule has 0 unspecified atom stereocenters. The maximum Gasteiger partial charge on any atom is 0.0551 e. The SMILES string of the molecule is CC(=CI)SC=N. The first-order valence-electron chi connectivity index (χ1n) is 1.74. The first-order chi connectivity index (χ1) is 3.31. The van der Waals surface area contributed by atoms with E-state index in [2.05, 4.69) is 22.6 Å². The van der Waals surface area contributed by atoms with E-state index < -0.39 is 0 Å². The summed E-state index contributed by atoms with van der Waals surface area (Å²) in [7, 11) is 0.